The third-order valence-corrected chi connectivity index (χ3v) is 2.98. The summed E-state index contributed by atoms with van der Waals surface area (Å²) in [5.41, 5.74) is 1.61. The van der Waals surface area contributed by atoms with E-state index in [1.165, 1.54) is 64.2 Å². The summed E-state index contributed by atoms with van der Waals surface area (Å²) in [6.07, 6.45) is 16.2. The van der Waals surface area contributed by atoms with Gasteiger partial charge in [-0.15, -0.1) is 0 Å². The average Bonchev–Trinajstić information content (AvgIpc) is 2.24. The van der Waals surface area contributed by atoms with Gasteiger partial charge >= 0.3 is 0 Å². The van der Waals surface area contributed by atoms with Crippen LogP contribution in [0.2, 0.25) is 0 Å². The summed E-state index contributed by atoms with van der Waals surface area (Å²) in [7, 11) is 0. The van der Waals surface area contributed by atoms with E-state index >= 15 is 0 Å². The molecule has 0 fully saturated rings. The zero-order valence-corrected chi connectivity index (χ0v) is 11.1. The highest BCUT2D eigenvalue weighted by Gasteiger charge is 1.91. The fourth-order valence-electron chi connectivity index (χ4n) is 1.85. The van der Waals surface area contributed by atoms with Crippen LogP contribution < -0.4 is 0 Å². The van der Waals surface area contributed by atoms with Gasteiger partial charge in [0.1, 0.15) is 0 Å². The molecule has 0 aromatic carbocycles. The molecule has 0 spiro atoms. The maximum atomic E-state index is 2.46. The van der Waals surface area contributed by atoms with Gasteiger partial charge in [0.2, 0.25) is 0 Å². The SMILES string of the molecule is CCCCCCC=C(C)CCCCCC. The lowest BCUT2D eigenvalue weighted by Crippen LogP contribution is -1.81. The second-order valence-corrected chi connectivity index (χ2v) is 4.71. The van der Waals surface area contributed by atoms with Crippen molar-refractivity contribution in [2.24, 2.45) is 0 Å². The first-order valence-electron chi connectivity index (χ1n) is 6.96. The molecule has 0 saturated heterocycles. The van der Waals surface area contributed by atoms with Gasteiger partial charge in [0, 0.05) is 0 Å². The van der Waals surface area contributed by atoms with Gasteiger partial charge in [-0.2, -0.15) is 0 Å². The zero-order valence-electron chi connectivity index (χ0n) is 11.1. The molecule has 0 aliphatic heterocycles. The van der Waals surface area contributed by atoms with E-state index in [2.05, 4.69) is 26.8 Å². The molecule has 0 radical (unpaired) electrons. The minimum atomic E-state index is 1.31. The van der Waals surface area contributed by atoms with Gasteiger partial charge in [-0.25, -0.2) is 0 Å². The Bertz CT molecular complexity index is 144. The standard InChI is InChI=1S/C15H30/c1-4-6-8-10-12-14-15(3)13-11-9-7-5-2/h14H,4-13H2,1-3H3. The third kappa shape index (κ3) is 11.7. The van der Waals surface area contributed by atoms with Gasteiger partial charge in [-0.05, 0) is 32.6 Å². The normalized spacial score (nSPS) is 12.1. The van der Waals surface area contributed by atoms with Crippen LogP contribution in [0.4, 0.5) is 0 Å². The fourth-order valence-corrected chi connectivity index (χ4v) is 1.85. The van der Waals surface area contributed by atoms with Crippen molar-refractivity contribution in [2.75, 3.05) is 0 Å². The van der Waals surface area contributed by atoms with Crippen LogP contribution in [0.15, 0.2) is 11.6 Å². The maximum Gasteiger partial charge on any atom is -0.0323 e. The molecule has 0 unspecified atom stereocenters. The highest BCUT2D eigenvalue weighted by atomic mass is 14.0. The topological polar surface area (TPSA) is 0 Å². The van der Waals surface area contributed by atoms with Crippen LogP contribution in [0.25, 0.3) is 0 Å². The monoisotopic (exact) mass is 210 g/mol. The molecule has 0 rings (SSSR count). The largest absolute Gasteiger partial charge is 0.0856 e. The minimum Gasteiger partial charge on any atom is -0.0856 e. The molecular formula is C15H30. The average molecular weight is 210 g/mol. The van der Waals surface area contributed by atoms with Gasteiger partial charge < -0.3 is 0 Å². The first-order chi connectivity index (χ1) is 7.31. The van der Waals surface area contributed by atoms with Crippen molar-refractivity contribution in [2.45, 2.75) is 85.0 Å². The predicted molar refractivity (Wildman–Crippen MR) is 71.3 cm³/mol. The molecule has 0 amide bonds. The number of unbranched alkanes of at least 4 members (excludes halogenated alkanes) is 7. The Kier molecular flexibility index (Phi) is 11.6. The lowest BCUT2D eigenvalue weighted by molar-refractivity contribution is 0.655. The Morgan fingerprint density at radius 1 is 0.800 bits per heavy atom. The molecule has 0 aliphatic carbocycles. The van der Waals surface area contributed by atoms with E-state index in [0.29, 0.717) is 0 Å². The molecule has 0 aromatic rings. The third-order valence-electron chi connectivity index (χ3n) is 2.98. The van der Waals surface area contributed by atoms with E-state index in [1.807, 2.05) is 0 Å². The second kappa shape index (κ2) is 11.8. The van der Waals surface area contributed by atoms with Crippen LogP contribution in [0.3, 0.4) is 0 Å². The molecule has 15 heavy (non-hydrogen) atoms. The molecule has 0 aromatic heterocycles. The Morgan fingerprint density at radius 2 is 1.40 bits per heavy atom. The summed E-state index contributed by atoms with van der Waals surface area (Å²) in [5, 5.41) is 0. The van der Waals surface area contributed by atoms with Crippen LogP contribution in [0, 0.1) is 0 Å². The Morgan fingerprint density at radius 3 is 2.00 bits per heavy atom. The molecule has 0 saturated carbocycles. The van der Waals surface area contributed by atoms with Gasteiger partial charge in [0.05, 0.1) is 0 Å². The first-order valence-corrected chi connectivity index (χ1v) is 6.96. The highest BCUT2D eigenvalue weighted by molar-refractivity contribution is 4.97. The summed E-state index contributed by atoms with van der Waals surface area (Å²) in [6, 6.07) is 0. The number of hydrogen-bond acceptors (Lipinski definition) is 0. The minimum absolute atomic E-state index is 1.31. The van der Waals surface area contributed by atoms with Crippen LogP contribution in [0.1, 0.15) is 85.0 Å². The maximum absolute atomic E-state index is 2.46. The van der Waals surface area contributed by atoms with Crippen LogP contribution in [-0.4, -0.2) is 0 Å². The van der Waals surface area contributed by atoms with Crippen LogP contribution in [-0.2, 0) is 0 Å². The molecule has 0 aliphatic rings. The van der Waals surface area contributed by atoms with Crippen LogP contribution >= 0.6 is 0 Å². The summed E-state index contributed by atoms with van der Waals surface area (Å²) in [4.78, 5) is 0. The molecule has 0 N–H and O–H groups in total. The van der Waals surface area contributed by atoms with E-state index in [-0.39, 0.29) is 0 Å². The van der Waals surface area contributed by atoms with Gasteiger partial charge in [-0.3, -0.25) is 0 Å². The number of allylic oxidation sites excluding steroid dienone is 2. The van der Waals surface area contributed by atoms with E-state index in [9.17, 15) is 0 Å². The molecular weight excluding hydrogens is 180 g/mol. The van der Waals surface area contributed by atoms with E-state index < -0.39 is 0 Å². The van der Waals surface area contributed by atoms with Crippen molar-refractivity contribution in [3.63, 3.8) is 0 Å². The lowest BCUT2D eigenvalue weighted by Gasteiger charge is -2.01. The van der Waals surface area contributed by atoms with E-state index in [0.717, 1.165) is 0 Å². The summed E-state index contributed by atoms with van der Waals surface area (Å²) >= 11 is 0. The summed E-state index contributed by atoms with van der Waals surface area (Å²) in [6.45, 7) is 6.84. The zero-order chi connectivity index (χ0) is 11.4. The van der Waals surface area contributed by atoms with Gasteiger partial charge in [0.15, 0.2) is 0 Å². The van der Waals surface area contributed by atoms with Crippen LogP contribution in [0.5, 0.6) is 0 Å². The molecule has 0 nitrogen and oxygen atoms in total. The Balaban J connectivity index is 3.27. The summed E-state index contributed by atoms with van der Waals surface area (Å²) in [5.74, 6) is 0. The Hall–Kier alpha value is -0.260. The molecule has 0 heterocycles. The summed E-state index contributed by atoms with van der Waals surface area (Å²) < 4.78 is 0. The van der Waals surface area contributed by atoms with E-state index in [4.69, 9.17) is 0 Å². The smallest absolute Gasteiger partial charge is 0.0323 e. The van der Waals surface area contributed by atoms with Crippen molar-refractivity contribution >= 4 is 0 Å². The molecule has 0 atom stereocenters. The predicted octanol–water partition coefficient (Wildman–Crippen LogP) is 5.87. The highest BCUT2D eigenvalue weighted by Crippen LogP contribution is 2.11. The molecule has 0 heteroatoms. The molecule has 0 bridgehead atoms. The van der Waals surface area contributed by atoms with Crippen molar-refractivity contribution < 1.29 is 0 Å². The van der Waals surface area contributed by atoms with Crippen molar-refractivity contribution in [1.29, 1.82) is 0 Å². The van der Waals surface area contributed by atoms with Crippen molar-refractivity contribution in [3.8, 4) is 0 Å². The Labute approximate surface area is 97.2 Å². The second-order valence-electron chi connectivity index (χ2n) is 4.71. The number of hydrogen-bond donors (Lipinski definition) is 0. The molecule has 90 valence electrons. The van der Waals surface area contributed by atoms with Gasteiger partial charge in [0.25, 0.3) is 0 Å². The fraction of sp³-hybridized carbons (Fsp3) is 0.867. The van der Waals surface area contributed by atoms with E-state index in [1.54, 1.807) is 5.57 Å². The quantitative estimate of drug-likeness (QED) is 0.312. The first kappa shape index (κ1) is 14.7. The number of rotatable bonds is 10. The van der Waals surface area contributed by atoms with Crippen molar-refractivity contribution in [3.05, 3.63) is 11.6 Å². The van der Waals surface area contributed by atoms with Gasteiger partial charge in [-0.1, -0.05) is 64.0 Å². The lowest BCUT2D eigenvalue weighted by atomic mass is 10.1. The van der Waals surface area contributed by atoms with Crippen molar-refractivity contribution in [1.82, 2.24) is 0 Å².